The quantitative estimate of drug-likeness (QED) is 0.732. The van der Waals surface area contributed by atoms with Gasteiger partial charge < -0.3 is 14.7 Å². The van der Waals surface area contributed by atoms with Crippen molar-refractivity contribution in [3.63, 3.8) is 0 Å². The number of amides is 1. The fraction of sp³-hybridized carbons (Fsp3) is 0.435. The van der Waals surface area contributed by atoms with Gasteiger partial charge in [-0.2, -0.15) is 13.2 Å². The molecule has 4 nitrogen and oxygen atoms in total. The first-order chi connectivity index (χ1) is 14.1. The van der Waals surface area contributed by atoms with Crippen molar-refractivity contribution in [2.24, 2.45) is 5.92 Å². The highest BCUT2D eigenvalue weighted by Gasteiger charge is 2.48. The zero-order valence-electron chi connectivity index (χ0n) is 16.9. The Morgan fingerprint density at radius 1 is 1.10 bits per heavy atom. The smallest absolute Gasteiger partial charge is 0.422 e. The summed E-state index contributed by atoms with van der Waals surface area (Å²) in [5.41, 5.74) is 1.21. The number of benzene rings is 2. The number of fused-ring (bicyclic) bond motifs is 1. The van der Waals surface area contributed by atoms with E-state index < -0.39 is 18.4 Å². The predicted molar refractivity (Wildman–Crippen MR) is 106 cm³/mol. The molecule has 1 atom stereocenters. The summed E-state index contributed by atoms with van der Waals surface area (Å²) < 4.78 is 43.1. The number of nitrogens with zero attached hydrogens (tertiary/aromatic N) is 1. The molecule has 1 fully saturated rings. The summed E-state index contributed by atoms with van der Waals surface area (Å²) in [6.07, 6.45) is -2.52. The molecular weight excluding hydrogens is 395 g/mol. The molecule has 160 valence electrons. The molecule has 2 aromatic carbocycles. The van der Waals surface area contributed by atoms with Crippen LogP contribution in [0.5, 0.6) is 5.75 Å². The summed E-state index contributed by atoms with van der Waals surface area (Å²) in [5, 5.41) is 10.7. The average Bonchev–Trinajstić information content (AvgIpc) is 3.43. The van der Waals surface area contributed by atoms with E-state index in [1.165, 1.54) is 6.07 Å². The molecule has 0 unspecified atom stereocenters. The van der Waals surface area contributed by atoms with E-state index in [2.05, 4.69) is 0 Å². The molecule has 30 heavy (non-hydrogen) atoms. The summed E-state index contributed by atoms with van der Waals surface area (Å²) in [7, 11) is 0. The minimum Gasteiger partial charge on any atom is -0.483 e. The zero-order chi connectivity index (χ0) is 21.7. The normalized spacial score (nSPS) is 17.8. The van der Waals surface area contributed by atoms with E-state index in [1.54, 1.807) is 49.1 Å². The lowest BCUT2D eigenvalue weighted by atomic mass is 9.92. The molecule has 0 spiro atoms. The van der Waals surface area contributed by atoms with Gasteiger partial charge >= 0.3 is 6.18 Å². The van der Waals surface area contributed by atoms with Gasteiger partial charge in [-0.25, -0.2) is 0 Å². The number of hydrogen-bond acceptors (Lipinski definition) is 3. The maximum absolute atomic E-state index is 13.4. The van der Waals surface area contributed by atoms with E-state index in [9.17, 15) is 23.1 Å². The van der Waals surface area contributed by atoms with Crippen LogP contribution in [-0.4, -0.2) is 40.3 Å². The molecule has 1 aliphatic carbocycles. The van der Waals surface area contributed by atoms with Crippen LogP contribution in [0.1, 0.15) is 42.6 Å². The molecule has 4 rings (SSSR count). The fourth-order valence-corrected chi connectivity index (χ4v) is 4.43. The van der Waals surface area contributed by atoms with Crippen LogP contribution in [0, 0.1) is 5.92 Å². The molecule has 2 aliphatic rings. The Hall–Kier alpha value is -2.54. The fourth-order valence-electron chi connectivity index (χ4n) is 4.43. The number of rotatable bonds is 6. The van der Waals surface area contributed by atoms with E-state index in [4.69, 9.17) is 4.74 Å². The van der Waals surface area contributed by atoms with Crippen LogP contribution in [-0.2, 0) is 6.54 Å². The number of aliphatic hydroxyl groups is 1. The highest BCUT2D eigenvalue weighted by atomic mass is 19.4. The first-order valence-corrected chi connectivity index (χ1v) is 10.0. The van der Waals surface area contributed by atoms with Crippen LogP contribution in [0.4, 0.5) is 13.2 Å². The summed E-state index contributed by atoms with van der Waals surface area (Å²) in [5.74, 6) is 0.134. The third-order valence-corrected chi connectivity index (χ3v) is 5.66. The van der Waals surface area contributed by atoms with Crippen molar-refractivity contribution < 1.29 is 27.8 Å². The Balaban J connectivity index is 1.72. The molecule has 0 saturated heterocycles. The molecule has 1 amide bonds. The van der Waals surface area contributed by atoms with Crippen LogP contribution in [0.3, 0.4) is 0 Å². The number of halogens is 3. The largest absolute Gasteiger partial charge is 0.483 e. The van der Waals surface area contributed by atoms with Gasteiger partial charge in [0.2, 0.25) is 0 Å². The summed E-state index contributed by atoms with van der Waals surface area (Å²) >= 11 is 0. The van der Waals surface area contributed by atoms with Gasteiger partial charge in [0, 0.05) is 12.1 Å². The molecule has 0 radical (unpaired) electrons. The predicted octanol–water partition coefficient (Wildman–Crippen LogP) is 4.80. The topological polar surface area (TPSA) is 49.8 Å². The van der Waals surface area contributed by atoms with Crippen molar-refractivity contribution in [3.8, 4) is 16.9 Å². The van der Waals surface area contributed by atoms with Crippen LogP contribution < -0.4 is 4.74 Å². The second-order valence-electron chi connectivity index (χ2n) is 8.61. The van der Waals surface area contributed by atoms with Gasteiger partial charge in [-0.15, -0.1) is 0 Å². The van der Waals surface area contributed by atoms with Crippen LogP contribution in [0.15, 0.2) is 42.5 Å². The minimum atomic E-state index is -4.46. The number of carbonyl (C=O) groups is 1. The van der Waals surface area contributed by atoms with E-state index in [1.807, 2.05) is 6.07 Å². The maximum Gasteiger partial charge on any atom is 0.422 e. The third-order valence-electron chi connectivity index (χ3n) is 5.66. The lowest BCUT2D eigenvalue weighted by molar-refractivity contribution is -0.153. The Morgan fingerprint density at radius 2 is 1.77 bits per heavy atom. The van der Waals surface area contributed by atoms with Crippen molar-refractivity contribution in [2.75, 3.05) is 6.61 Å². The maximum atomic E-state index is 13.4. The van der Waals surface area contributed by atoms with E-state index in [0.29, 0.717) is 23.2 Å². The first kappa shape index (κ1) is 20.7. The molecule has 1 saturated carbocycles. The van der Waals surface area contributed by atoms with Crippen LogP contribution >= 0.6 is 0 Å². The lowest BCUT2D eigenvalue weighted by Crippen LogP contribution is -2.51. The molecule has 2 aromatic rings. The molecular formula is C23H24F3NO3. The van der Waals surface area contributed by atoms with Gasteiger partial charge in [-0.3, -0.25) is 4.79 Å². The number of hydrogen-bond donors (Lipinski definition) is 1. The molecule has 7 heteroatoms. The second-order valence-corrected chi connectivity index (χ2v) is 8.61. The second kappa shape index (κ2) is 7.30. The minimum absolute atomic E-state index is 0.0794. The van der Waals surface area contributed by atoms with Crippen molar-refractivity contribution in [3.05, 3.63) is 53.6 Å². The SMILES string of the molecule is CC(C)(O)[C@@H](C1CC1)N1Cc2cccc(-c3ccccc3OCC(F)(F)F)c2C1=O. The van der Waals surface area contributed by atoms with Gasteiger partial charge in [0.05, 0.1) is 17.2 Å². The van der Waals surface area contributed by atoms with Gasteiger partial charge in [-0.1, -0.05) is 36.4 Å². The third kappa shape index (κ3) is 4.03. The molecule has 0 aromatic heterocycles. The van der Waals surface area contributed by atoms with E-state index in [-0.39, 0.29) is 23.6 Å². The highest BCUT2D eigenvalue weighted by molar-refractivity contribution is 6.05. The van der Waals surface area contributed by atoms with E-state index >= 15 is 0 Å². The molecule has 1 heterocycles. The standard InChI is InChI=1S/C23H24F3NO3/c1-22(2,29)20(14-10-11-14)27-12-15-6-5-8-17(19(15)21(27)28)16-7-3-4-9-18(16)30-13-23(24,25)26/h3-9,14,20,29H,10-13H2,1-2H3/t20-/m1/s1. The lowest BCUT2D eigenvalue weighted by Gasteiger charge is -2.37. The van der Waals surface area contributed by atoms with Gasteiger partial charge in [0.15, 0.2) is 6.61 Å². The van der Waals surface area contributed by atoms with Crippen molar-refractivity contribution in [1.29, 1.82) is 0 Å². The van der Waals surface area contributed by atoms with Crippen LogP contribution in [0.25, 0.3) is 11.1 Å². The number of para-hydroxylation sites is 1. The molecule has 1 N–H and O–H groups in total. The number of alkyl halides is 3. The summed E-state index contributed by atoms with van der Waals surface area (Å²) in [6, 6.07) is 11.5. The number of carbonyl (C=O) groups excluding carboxylic acids is 1. The van der Waals surface area contributed by atoms with Crippen molar-refractivity contribution >= 4 is 5.91 Å². The van der Waals surface area contributed by atoms with Crippen LogP contribution in [0.2, 0.25) is 0 Å². The highest BCUT2D eigenvalue weighted by Crippen LogP contribution is 2.45. The van der Waals surface area contributed by atoms with Gasteiger partial charge in [0.25, 0.3) is 5.91 Å². The summed E-state index contributed by atoms with van der Waals surface area (Å²) in [6.45, 7) is 2.40. The van der Waals surface area contributed by atoms with Gasteiger partial charge in [0.1, 0.15) is 5.75 Å². The zero-order valence-corrected chi connectivity index (χ0v) is 16.9. The average molecular weight is 419 g/mol. The van der Waals surface area contributed by atoms with Crippen molar-refractivity contribution in [2.45, 2.75) is 51.1 Å². The van der Waals surface area contributed by atoms with Crippen molar-refractivity contribution in [1.82, 2.24) is 4.90 Å². The molecule has 1 aliphatic heterocycles. The van der Waals surface area contributed by atoms with E-state index in [0.717, 1.165) is 18.4 Å². The number of ether oxygens (including phenoxy) is 1. The first-order valence-electron chi connectivity index (χ1n) is 10.0. The Labute approximate surface area is 173 Å². The summed E-state index contributed by atoms with van der Waals surface area (Å²) in [4.78, 5) is 15.1. The monoisotopic (exact) mass is 419 g/mol. The Bertz CT molecular complexity index is 961. The van der Waals surface area contributed by atoms with Gasteiger partial charge in [-0.05, 0) is 49.8 Å². The Kier molecular flexibility index (Phi) is 5.04. The molecule has 0 bridgehead atoms. The Morgan fingerprint density at radius 3 is 2.40 bits per heavy atom.